The second kappa shape index (κ2) is 5.87. The van der Waals surface area contributed by atoms with Gasteiger partial charge in [0, 0.05) is 18.3 Å². The number of esters is 1. The summed E-state index contributed by atoms with van der Waals surface area (Å²) in [6, 6.07) is 0. The lowest BCUT2D eigenvalue weighted by Crippen LogP contribution is -2.45. The van der Waals surface area contributed by atoms with Gasteiger partial charge in [0.05, 0.1) is 0 Å². The molecule has 4 aliphatic rings. The van der Waals surface area contributed by atoms with Crippen molar-refractivity contribution >= 4 is 5.97 Å². The van der Waals surface area contributed by atoms with Crippen molar-refractivity contribution in [1.82, 2.24) is 0 Å². The van der Waals surface area contributed by atoms with Crippen LogP contribution in [0, 0.1) is 28.6 Å². The molecule has 0 aromatic heterocycles. The van der Waals surface area contributed by atoms with Crippen LogP contribution in [0.5, 0.6) is 0 Å². The molecular weight excluding hydrogens is 324 g/mol. The van der Waals surface area contributed by atoms with Gasteiger partial charge in [0.15, 0.2) is 0 Å². The Morgan fingerprint density at radius 2 is 2.00 bits per heavy atom. The zero-order valence-corrected chi connectivity index (χ0v) is 16.3. The Labute approximate surface area is 156 Å². The van der Waals surface area contributed by atoms with Gasteiger partial charge in [0.2, 0.25) is 0 Å². The third kappa shape index (κ3) is 2.43. The zero-order chi connectivity index (χ0) is 18.7. The Hall–Kier alpha value is -1.77. The molecule has 6 atom stereocenters. The monoisotopic (exact) mass is 354 g/mol. The minimum absolute atomic E-state index is 0.0145. The summed E-state index contributed by atoms with van der Waals surface area (Å²) in [4.78, 5) is 11.5. The van der Waals surface area contributed by atoms with E-state index in [2.05, 4.69) is 39.0 Å². The fourth-order valence-corrected chi connectivity index (χ4v) is 6.48. The molecule has 1 N–H and O–H groups in total. The fourth-order valence-electron chi connectivity index (χ4n) is 6.48. The van der Waals surface area contributed by atoms with E-state index in [0.717, 1.165) is 12.8 Å². The van der Waals surface area contributed by atoms with E-state index in [0.29, 0.717) is 23.5 Å². The van der Waals surface area contributed by atoms with Crippen LogP contribution in [0.15, 0.2) is 47.3 Å². The molecule has 4 aliphatic carbocycles. The number of ether oxygens (including phenoxy) is 1. The summed E-state index contributed by atoms with van der Waals surface area (Å²) < 4.78 is 5.58. The number of hydrogen-bond acceptors (Lipinski definition) is 3. The number of allylic oxidation sites excluding steroid dienone is 7. The number of carbonyl (C=O) groups is 1. The van der Waals surface area contributed by atoms with Gasteiger partial charge < -0.3 is 9.84 Å². The Bertz CT molecular complexity index is 755. The number of hydrogen-bond donors (Lipinski definition) is 1. The molecule has 0 bridgehead atoms. The molecule has 2 saturated carbocycles. The molecule has 0 aromatic carbocycles. The van der Waals surface area contributed by atoms with Crippen molar-refractivity contribution in [3.63, 3.8) is 0 Å². The SMILES string of the molecule is CC(=O)O[C@H](C)[C@H]1CC[C@H]2C3=CC=C4C=C(O)C=C[C@]4(C)[C@H]3CC[C@]12C. The molecule has 0 aliphatic heterocycles. The lowest BCUT2D eigenvalue weighted by Gasteiger charge is -2.52. The second-order valence-electron chi connectivity index (χ2n) is 9.12. The maximum Gasteiger partial charge on any atom is 0.302 e. The number of rotatable bonds is 2. The van der Waals surface area contributed by atoms with Crippen molar-refractivity contribution in [2.45, 2.75) is 59.5 Å². The van der Waals surface area contributed by atoms with Crippen molar-refractivity contribution in [3.05, 3.63) is 47.3 Å². The first-order chi connectivity index (χ1) is 12.3. The van der Waals surface area contributed by atoms with Crippen LogP contribution < -0.4 is 0 Å². The summed E-state index contributed by atoms with van der Waals surface area (Å²) in [6.45, 7) is 8.30. The number of fused-ring (bicyclic) bond motifs is 5. The van der Waals surface area contributed by atoms with Crippen LogP contribution in [0.25, 0.3) is 0 Å². The molecule has 2 fully saturated rings. The van der Waals surface area contributed by atoms with E-state index in [1.54, 1.807) is 5.57 Å². The highest BCUT2D eigenvalue weighted by molar-refractivity contribution is 5.66. The van der Waals surface area contributed by atoms with Gasteiger partial charge in [0.25, 0.3) is 0 Å². The predicted molar refractivity (Wildman–Crippen MR) is 102 cm³/mol. The standard InChI is InChI=1S/C23H30O3/c1-14(26-15(2)24)19-7-8-20-18-6-5-16-13-17(25)9-11-22(16,3)21(18)10-12-23(19,20)4/h5-6,9,11,13-14,19-21,25H,7-8,10,12H2,1-4H3/t14-,19-,20+,21+,22+,23-/m1/s1. The summed E-state index contributed by atoms with van der Waals surface area (Å²) >= 11 is 0. The van der Waals surface area contributed by atoms with Gasteiger partial charge in [-0.25, -0.2) is 0 Å². The van der Waals surface area contributed by atoms with Crippen LogP contribution >= 0.6 is 0 Å². The first kappa shape index (κ1) is 17.6. The van der Waals surface area contributed by atoms with Gasteiger partial charge in [-0.15, -0.1) is 0 Å². The van der Waals surface area contributed by atoms with Gasteiger partial charge in [0.1, 0.15) is 11.9 Å². The van der Waals surface area contributed by atoms with Crippen LogP contribution in [-0.2, 0) is 9.53 Å². The van der Waals surface area contributed by atoms with Gasteiger partial charge in [-0.1, -0.05) is 37.6 Å². The largest absolute Gasteiger partial charge is 0.508 e. The van der Waals surface area contributed by atoms with Crippen LogP contribution in [0.4, 0.5) is 0 Å². The van der Waals surface area contributed by atoms with Gasteiger partial charge in [-0.3, -0.25) is 4.79 Å². The molecule has 140 valence electrons. The first-order valence-electron chi connectivity index (χ1n) is 9.95. The third-order valence-corrected chi connectivity index (χ3v) is 7.81. The lowest BCUT2D eigenvalue weighted by molar-refractivity contribution is -0.150. The smallest absolute Gasteiger partial charge is 0.302 e. The summed E-state index contributed by atoms with van der Waals surface area (Å²) in [5.74, 6) is 1.68. The molecule has 0 aromatic rings. The first-order valence-corrected chi connectivity index (χ1v) is 9.95. The molecule has 26 heavy (non-hydrogen) atoms. The molecular formula is C23H30O3. The van der Waals surface area contributed by atoms with Crippen molar-refractivity contribution in [1.29, 1.82) is 0 Å². The summed E-state index contributed by atoms with van der Waals surface area (Å²) in [5.41, 5.74) is 2.98. The lowest BCUT2D eigenvalue weighted by atomic mass is 9.52. The van der Waals surface area contributed by atoms with Crippen LogP contribution in [0.3, 0.4) is 0 Å². The molecule has 4 rings (SSSR count). The van der Waals surface area contributed by atoms with E-state index in [9.17, 15) is 9.90 Å². The van der Waals surface area contributed by atoms with E-state index < -0.39 is 0 Å². The fraction of sp³-hybridized carbons (Fsp3) is 0.609. The van der Waals surface area contributed by atoms with E-state index in [-0.39, 0.29) is 22.9 Å². The Morgan fingerprint density at radius 1 is 1.23 bits per heavy atom. The van der Waals surface area contributed by atoms with Crippen LogP contribution in [0.1, 0.15) is 53.4 Å². The molecule has 0 radical (unpaired) electrons. The Kier molecular flexibility index (Phi) is 3.98. The molecule has 3 heteroatoms. The predicted octanol–water partition coefficient (Wildman–Crippen LogP) is 5.26. The normalized spacial score (nSPS) is 41.8. The van der Waals surface area contributed by atoms with Gasteiger partial charge in [-0.2, -0.15) is 0 Å². The zero-order valence-electron chi connectivity index (χ0n) is 16.3. The highest BCUT2D eigenvalue weighted by atomic mass is 16.5. The van der Waals surface area contributed by atoms with Gasteiger partial charge in [-0.05, 0) is 67.6 Å². The molecule has 3 nitrogen and oxygen atoms in total. The summed E-state index contributed by atoms with van der Waals surface area (Å²) in [5, 5.41) is 9.89. The van der Waals surface area contributed by atoms with Crippen molar-refractivity contribution in [3.8, 4) is 0 Å². The quantitative estimate of drug-likeness (QED) is 0.688. The van der Waals surface area contributed by atoms with E-state index in [1.165, 1.54) is 25.3 Å². The summed E-state index contributed by atoms with van der Waals surface area (Å²) in [6.07, 6.45) is 15.1. The average Bonchev–Trinajstić information content (AvgIpc) is 2.92. The molecule has 0 saturated heterocycles. The maximum absolute atomic E-state index is 11.5. The molecule has 0 unspecified atom stereocenters. The van der Waals surface area contributed by atoms with Crippen molar-refractivity contribution in [2.24, 2.45) is 28.6 Å². The van der Waals surface area contributed by atoms with E-state index in [4.69, 9.17) is 4.74 Å². The van der Waals surface area contributed by atoms with Crippen LogP contribution in [0.2, 0.25) is 0 Å². The van der Waals surface area contributed by atoms with Crippen molar-refractivity contribution < 1.29 is 14.6 Å². The highest BCUT2D eigenvalue weighted by Gasteiger charge is 2.56. The molecule has 0 heterocycles. The number of aliphatic hydroxyl groups excluding tert-OH is 1. The number of aliphatic hydroxyl groups is 1. The average molecular weight is 354 g/mol. The molecule has 0 amide bonds. The van der Waals surface area contributed by atoms with Crippen LogP contribution in [-0.4, -0.2) is 17.2 Å². The minimum atomic E-state index is -0.172. The maximum atomic E-state index is 11.5. The third-order valence-electron chi connectivity index (χ3n) is 7.81. The topological polar surface area (TPSA) is 46.5 Å². The van der Waals surface area contributed by atoms with E-state index in [1.807, 2.05) is 12.2 Å². The molecule has 0 spiro atoms. The highest BCUT2D eigenvalue weighted by Crippen LogP contribution is 2.64. The van der Waals surface area contributed by atoms with Crippen molar-refractivity contribution in [2.75, 3.05) is 0 Å². The van der Waals surface area contributed by atoms with Gasteiger partial charge >= 0.3 is 5.97 Å². The Balaban J connectivity index is 1.67. The second-order valence-corrected chi connectivity index (χ2v) is 9.12. The summed E-state index contributed by atoms with van der Waals surface area (Å²) in [7, 11) is 0. The number of carbonyl (C=O) groups excluding carboxylic acids is 1. The van der Waals surface area contributed by atoms with E-state index >= 15 is 0 Å². The Morgan fingerprint density at radius 3 is 2.73 bits per heavy atom. The minimum Gasteiger partial charge on any atom is -0.508 e.